The molecule has 6 aromatic rings. The fraction of sp³-hybridized carbons (Fsp3) is 0.125. The van der Waals surface area contributed by atoms with Gasteiger partial charge in [0.05, 0.1) is 17.1 Å². The molecule has 3 aliphatic heterocycles. The number of benzene rings is 4. The number of para-hydroxylation sites is 1. The molecule has 4 aliphatic rings. The highest BCUT2D eigenvalue weighted by atomic mass is 32.1. The third kappa shape index (κ3) is 1.92. The highest BCUT2D eigenvalue weighted by Gasteiger charge is 2.76. The number of nitrogens with zero attached hydrogens (tertiary/aromatic N) is 2. The first-order chi connectivity index (χ1) is 17.8. The minimum atomic E-state index is -0.0988. The molecule has 5 atom stereocenters. The van der Waals surface area contributed by atoms with Gasteiger partial charge in [-0.25, -0.2) is 4.90 Å². The van der Waals surface area contributed by atoms with Crippen LogP contribution in [0.3, 0.4) is 0 Å². The molecular formula is C32H21N3S. The first-order valence-electron chi connectivity index (χ1n) is 12.7. The zero-order chi connectivity index (χ0) is 23.2. The number of nitrogens with one attached hydrogen (secondary N) is 1. The molecule has 0 radical (unpaired) electrons. The maximum absolute atomic E-state index is 4.07. The fourth-order valence-electron chi connectivity index (χ4n) is 7.53. The van der Waals surface area contributed by atoms with Gasteiger partial charge in [0.1, 0.15) is 11.8 Å². The van der Waals surface area contributed by atoms with E-state index in [-0.39, 0.29) is 5.66 Å². The summed E-state index contributed by atoms with van der Waals surface area (Å²) in [5, 5.41) is 9.65. The summed E-state index contributed by atoms with van der Waals surface area (Å²) in [6.07, 6.45) is 9.44. The molecule has 170 valence electrons. The molecule has 2 saturated heterocycles. The standard InChI is InChI=1S/C32H21N3S/c1-2-8-18(9-3-1)19-14-15-20-22-17-23-29-28(30(22)36-27(20)16-19)21-10-4-6-12-25(21)34(29)31-32(23)33-24-11-5-7-13-26(24)35(31)32/h1-17,24,26,31,33H. The van der Waals surface area contributed by atoms with Crippen LogP contribution in [-0.2, 0) is 5.66 Å². The van der Waals surface area contributed by atoms with Gasteiger partial charge in [-0.15, -0.1) is 11.3 Å². The van der Waals surface area contributed by atoms with Crippen molar-refractivity contribution in [3.8, 4) is 11.1 Å². The van der Waals surface area contributed by atoms with E-state index in [1.807, 2.05) is 11.3 Å². The van der Waals surface area contributed by atoms with Crippen LogP contribution in [0.15, 0.2) is 103 Å². The van der Waals surface area contributed by atoms with Crippen molar-refractivity contribution in [2.75, 3.05) is 0 Å². The SMILES string of the molecule is C1=CC2NC34c5cc6c7ccc(-c8ccccc8)cc7sc6c6c7ccccc7n(c56)C3N4C2C=C1. The van der Waals surface area contributed by atoms with Crippen LogP contribution in [0.4, 0.5) is 0 Å². The van der Waals surface area contributed by atoms with Crippen molar-refractivity contribution in [1.29, 1.82) is 0 Å². The van der Waals surface area contributed by atoms with Gasteiger partial charge in [0.25, 0.3) is 0 Å². The Morgan fingerprint density at radius 1 is 0.778 bits per heavy atom. The second kappa shape index (κ2) is 5.98. The maximum Gasteiger partial charge on any atom is 0.138 e. The zero-order valence-electron chi connectivity index (χ0n) is 19.3. The number of rotatable bonds is 1. The third-order valence-electron chi connectivity index (χ3n) is 8.96. The molecule has 3 nitrogen and oxygen atoms in total. The van der Waals surface area contributed by atoms with Crippen molar-refractivity contribution >= 4 is 53.3 Å². The number of allylic oxidation sites excluding steroid dienone is 2. The van der Waals surface area contributed by atoms with Crippen LogP contribution in [0.5, 0.6) is 0 Å². The van der Waals surface area contributed by atoms with Gasteiger partial charge in [-0.1, -0.05) is 85.0 Å². The quantitative estimate of drug-likeness (QED) is 0.250. The van der Waals surface area contributed by atoms with Crippen molar-refractivity contribution in [2.24, 2.45) is 0 Å². The van der Waals surface area contributed by atoms with Crippen LogP contribution < -0.4 is 5.32 Å². The number of fused-ring (bicyclic) bond motifs is 11. The van der Waals surface area contributed by atoms with E-state index in [4.69, 9.17) is 0 Å². The molecule has 2 aromatic heterocycles. The minimum absolute atomic E-state index is 0.0988. The van der Waals surface area contributed by atoms with Crippen LogP contribution in [0.25, 0.3) is 53.1 Å². The second-order valence-electron chi connectivity index (χ2n) is 10.6. The fourth-order valence-corrected chi connectivity index (χ4v) is 8.81. The zero-order valence-corrected chi connectivity index (χ0v) is 20.2. The van der Waals surface area contributed by atoms with Crippen molar-refractivity contribution < 1.29 is 0 Å². The van der Waals surface area contributed by atoms with E-state index in [0.29, 0.717) is 18.2 Å². The lowest BCUT2D eigenvalue weighted by Gasteiger charge is -2.22. The van der Waals surface area contributed by atoms with Gasteiger partial charge in [0.15, 0.2) is 0 Å². The van der Waals surface area contributed by atoms with E-state index >= 15 is 0 Å². The Balaban J connectivity index is 1.31. The molecule has 1 spiro atoms. The summed E-state index contributed by atoms with van der Waals surface area (Å²) in [6.45, 7) is 0. The normalized spacial score (nSPS) is 28.9. The molecule has 0 bridgehead atoms. The van der Waals surface area contributed by atoms with Gasteiger partial charge in [-0.05, 0) is 29.3 Å². The number of thiophene rings is 1. The number of aromatic nitrogens is 1. The van der Waals surface area contributed by atoms with Crippen LogP contribution in [0.1, 0.15) is 11.7 Å². The molecule has 2 fully saturated rings. The lowest BCUT2D eigenvalue weighted by Crippen LogP contribution is -2.38. The van der Waals surface area contributed by atoms with E-state index in [1.54, 1.807) is 0 Å². The molecule has 1 aliphatic carbocycles. The Bertz CT molecular complexity index is 2010. The van der Waals surface area contributed by atoms with Gasteiger partial charge in [0.2, 0.25) is 0 Å². The molecule has 10 rings (SSSR count). The Morgan fingerprint density at radius 3 is 2.58 bits per heavy atom. The molecule has 5 heterocycles. The molecular weight excluding hydrogens is 458 g/mol. The van der Waals surface area contributed by atoms with Gasteiger partial charge < -0.3 is 4.57 Å². The summed E-state index contributed by atoms with van der Waals surface area (Å²) >= 11 is 1.95. The lowest BCUT2D eigenvalue weighted by molar-refractivity contribution is 0.390. The largest absolute Gasteiger partial charge is 0.320 e. The predicted octanol–water partition coefficient (Wildman–Crippen LogP) is 7.28. The molecule has 5 unspecified atom stereocenters. The summed E-state index contributed by atoms with van der Waals surface area (Å²) in [7, 11) is 0. The van der Waals surface area contributed by atoms with Gasteiger partial charge in [0, 0.05) is 42.6 Å². The van der Waals surface area contributed by atoms with Crippen molar-refractivity contribution in [2.45, 2.75) is 23.9 Å². The molecule has 4 heteroatoms. The molecule has 0 saturated carbocycles. The van der Waals surface area contributed by atoms with Gasteiger partial charge in [-0.3, -0.25) is 5.32 Å². The molecule has 1 N–H and O–H groups in total. The highest BCUT2D eigenvalue weighted by Crippen LogP contribution is 2.69. The number of hydrogen-bond donors (Lipinski definition) is 1. The first-order valence-corrected chi connectivity index (χ1v) is 13.6. The summed E-state index contributed by atoms with van der Waals surface area (Å²) in [5.74, 6) is 0. The first kappa shape index (κ1) is 18.6. The summed E-state index contributed by atoms with van der Waals surface area (Å²) in [4.78, 5) is 2.69. The summed E-state index contributed by atoms with van der Waals surface area (Å²) < 4.78 is 5.42. The second-order valence-corrected chi connectivity index (χ2v) is 11.6. The van der Waals surface area contributed by atoms with Gasteiger partial charge >= 0.3 is 0 Å². The van der Waals surface area contributed by atoms with Crippen LogP contribution in [0.2, 0.25) is 0 Å². The van der Waals surface area contributed by atoms with E-state index in [0.717, 1.165) is 0 Å². The van der Waals surface area contributed by atoms with Crippen LogP contribution in [-0.4, -0.2) is 21.6 Å². The average molecular weight is 480 g/mol. The maximum atomic E-state index is 4.07. The smallest absolute Gasteiger partial charge is 0.138 e. The Labute approximate surface area is 211 Å². The van der Waals surface area contributed by atoms with Crippen molar-refractivity contribution in [3.05, 3.63) is 109 Å². The van der Waals surface area contributed by atoms with E-state index < -0.39 is 0 Å². The highest BCUT2D eigenvalue weighted by molar-refractivity contribution is 7.26. The van der Waals surface area contributed by atoms with E-state index in [9.17, 15) is 0 Å². The number of hydrogen-bond acceptors (Lipinski definition) is 3. The van der Waals surface area contributed by atoms with Crippen LogP contribution >= 0.6 is 11.3 Å². The minimum Gasteiger partial charge on any atom is -0.320 e. The summed E-state index contributed by atoms with van der Waals surface area (Å²) in [5.41, 5.74) is 6.70. The van der Waals surface area contributed by atoms with Gasteiger partial charge in [-0.2, -0.15) is 0 Å². The molecule has 4 aromatic carbocycles. The predicted molar refractivity (Wildman–Crippen MR) is 149 cm³/mol. The van der Waals surface area contributed by atoms with Crippen LogP contribution in [0, 0.1) is 0 Å². The molecule has 0 amide bonds. The van der Waals surface area contributed by atoms with Crippen molar-refractivity contribution in [1.82, 2.24) is 14.8 Å². The Kier molecular flexibility index (Phi) is 3.08. The van der Waals surface area contributed by atoms with E-state index in [2.05, 4.69) is 118 Å². The Hall–Kier alpha value is -3.70. The summed E-state index contributed by atoms with van der Waals surface area (Å²) in [6, 6.07) is 30.1. The third-order valence-corrected chi connectivity index (χ3v) is 10.1. The topological polar surface area (TPSA) is 20.0 Å². The molecule has 36 heavy (non-hydrogen) atoms. The monoisotopic (exact) mass is 479 g/mol. The number of piperazine rings is 1. The lowest BCUT2D eigenvalue weighted by atomic mass is 9.98. The van der Waals surface area contributed by atoms with Crippen molar-refractivity contribution in [3.63, 3.8) is 0 Å². The van der Waals surface area contributed by atoms with E-state index in [1.165, 1.54) is 58.7 Å². The average Bonchev–Trinajstić information content (AvgIpc) is 3.29. The Morgan fingerprint density at radius 2 is 1.64 bits per heavy atom.